The molecule has 4 atom stereocenters. The van der Waals surface area contributed by atoms with Gasteiger partial charge in [-0.2, -0.15) is 0 Å². The Bertz CT molecular complexity index is 1220. The summed E-state index contributed by atoms with van der Waals surface area (Å²) in [5, 5.41) is 2.95. The molecular weight excluding hydrogens is 514 g/mol. The van der Waals surface area contributed by atoms with Crippen molar-refractivity contribution in [1.82, 2.24) is 15.1 Å². The molecule has 0 saturated carbocycles. The maximum Gasteiger partial charge on any atom is 0.262 e. The third-order valence-electron chi connectivity index (χ3n) is 7.43. The van der Waals surface area contributed by atoms with Crippen molar-refractivity contribution in [3.05, 3.63) is 47.3 Å². The van der Waals surface area contributed by atoms with Crippen LogP contribution >= 0.6 is 11.3 Å². The molecule has 3 amide bonds. The van der Waals surface area contributed by atoms with Gasteiger partial charge in [-0.15, -0.1) is 11.3 Å². The summed E-state index contributed by atoms with van der Waals surface area (Å²) in [6.45, 7) is 10.1. The molecule has 8 nitrogen and oxygen atoms in total. The lowest BCUT2D eigenvalue weighted by Crippen LogP contribution is -2.53. The number of Topliss-reactive ketones (excluding diaryl/α,β-unsaturated/α-hetero) is 1. The van der Waals surface area contributed by atoms with Crippen LogP contribution in [0.1, 0.15) is 57.1 Å². The average Bonchev–Trinajstić information content (AvgIpc) is 3.60. The molecule has 9 heteroatoms. The number of carbonyl (C=O) groups is 4. The summed E-state index contributed by atoms with van der Waals surface area (Å²) < 4.78 is 5.52. The Morgan fingerprint density at radius 2 is 1.74 bits per heavy atom. The second-order valence-corrected chi connectivity index (χ2v) is 13.0. The number of amides is 3. The van der Waals surface area contributed by atoms with Crippen LogP contribution in [0.15, 0.2) is 42.5 Å². The van der Waals surface area contributed by atoms with Crippen molar-refractivity contribution in [1.29, 1.82) is 0 Å². The van der Waals surface area contributed by atoms with E-state index in [4.69, 9.17) is 4.74 Å². The van der Waals surface area contributed by atoms with Crippen LogP contribution in [0.2, 0.25) is 0 Å². The fourth-order valence-electron chi connectivity index (χ4n) is 5.67. The summed E-state index contributed by atoms with van der Waals surface area (Å²) in [5.41, 5.74) is 0.594. The number of nitrogens with one attached hydrogen (secondary N) is 1. The number of rotatable bonds is 8. The van der Waals surface area contributed by atoms with E-state index in [1.165, 1.54) is 18.4 Å². The molecule has 210 valence electrons. The van der Waals surface area contributed by atoms with Gasteiger partial charge in [-0.05, 0) is 41.9 Å². The van der Waals surface area contributed by atoms with Crippen molar-refractivity contribution in [2.45, 2.75) is 71.7 Å². The van der Waals surface area contributed by atoms with Crippen molar-refractivity contribution in [3.8, 4) is 10.4 Å². The van der Waals surface area contributed by atoms with Gasteiger partial charge in [0.25, 0.3) is 11.8 Å². The highest BCUT2D eigenvalue weighted by molar-refractivity contribution is 7.17. The first-order chi connectivity index (χ1) is 18.4. The number of hydrogen-bond donors (Lipinski definition) is 1. The number of ketones is 1. The van der Waals surface area contributed by atoms with Gasteiger partial charge in [0.2, 0.25) is 5.91 Å². The van der Waals surface area contributed by atoms with Gasteiger partial charge < -0.3 is 19.9 Å². The normalized spacial score (nSPS) is 20.7. The Kier molecular flexibility index (Phi) is 8.61. The largest absolute Gasteiger partial charge is 0.371 e. The number of fused-ring (bicyclic) bond motifs is 1. The second kappa shape index (κ2) is 11.6. The SMILES string of the molecule is COC(C(=O)N1CC(=O)C2C1CCN2C(=O)C(CC(C)C)NC(=O)c1ccc(-c2ccccc2)s1)C(C)(C)C. The monoisotopic (exact) mass is 553 g/mol. The minimum atomic E-state index is -0.766. The number of ether oxygens (including phenoxy) is 1. The molecule has 4 unspecified atom stereocenters. The molecule has 3 heterocycles. The Morgan fingerprint density at radius 3 is 2.36 bits per heavy atom. The number of benzene rings is 1. The molecule has 1 aromatic carbocycles. The van der Waals surface area contributed by atoms with E-state index in [1.807, 2.05) is 71.0 Å². The lowest BCUT2D eigenvalue weighted by atomic mass is 9.88. The number of nitrogens with zero attached hydrogens (tertiary/aromatic N) is 2. The van der Waals surface area contributed by atoms with Gasteiger partial charge >= 0.3 is 0 Å². The number of likely N-dealkylation sites (tertiary alicyclic amines) is 2. The molecule has 1 aromatic heterocycles. The standard InChI is InChI=1S/C30H39N3O5S/c1-18(2)16-20(31-27(35)24-13-12-23(39-24)19-10-8-7-9-11-19)28(36)32-15-14-21-25(32)22(34)17-33(21)29(37)26(38-6)30(3,4)5/h7-13,18,20-21,25-26H,14-17H2,1-6H3,(H,31,35). The van der Waals surface area contributed by atoms with Gasteiger partial charge in [0, 0.05) is 18.5 Å². The highest BCUT2D eigenvalue weighted by Gasteiger charge is 2.53. The van der Waals surface area contributed by atoms with E-state index in [0.29, 0.717) is 24.3 Å². The molecule has 0 aliphatic carbocycles. The van der Waals surface area contributed by atoms with Gasteiger partial charge in [-0.25, -0.2) is 0 Å². The number of thiophene rings is 1. The lowest BCUT2D eigenvalue weighted by Gasteiger charge is -2.33. The zero-order valence-corrected chi connectivity index (χ0v) is 24.4. The first kappa shape index (κ1) is 29.0. The van der Waals surface area contributed by atoms with Crippen LogP contribution in [-0.2, 0) is 19.1 Å². The molecule has 0 spiro atoms. The molecule has 0 bridgehead atoms. The number of hydrogen-bond acceptors (Lipinski definition) is 6. The van der Waals surface area contributed by atoms with E-state index in [-0.39, 0.29) is 42.0 Å². The lowest BCUT2D eigenvalue weighted by molar-refractivity contribution is -0.150. The molecule has 39 heavy (non-hydrogen) atoms. The van der Waals surface area contributed by atoms with Crippen LogP contribution in [0.25, 0.3) is 10.4 Å². The minimum absolute atomic E-state index is 0.0352. The summed E-state index contributed by atoms with van der Waals surface area (Å²) in [4.78, 5) is 58.2. The van der Waals surface area contributed by atoms with Crippen LogP contribution in [0.3, 0.4) is 0 Å². The van der Waals surface area contributed by atoms with E-state index < -0.39 is 23.6 Å². The van der Waals surface area contributed by atoms with Gasteiger partial charge in [0.1, 0.15) is 18.2 Å². The highest BCUT2D eigenvalue weighted by Crippen LogP contribution is 2.34. The third kappa shape index (κ3) is 6.09. The Labute approximate surface area is 234 Å². The van der Waals surface area contributed by atoms with Crippen LogP contribution in [0, 0.1) is 11.3 Å². The Morgan fingerprint density at radius 1 is 1.05 bits per heavy atom. The molecular formula is C30H39N3O5S. The molecule has 2 saturated heterocycles. The molecule has 2 fully saturated rings. The van der Waals surface area contributed by atoms with Crippen LogP contribution in [0.5, 0.6) is 0 Å². The van der Waals surface area contributed by atoms with Crippen molar-refractivity contribution >= 4 is 34.8 Å². The molecule has 2 aliphatic rings. The third-order valence-corrected chi connectivity index (χ3v) is 8.57. The molecule has 0 radical (unpaired) electrons. The van der Waals surface area contributed by atoms with E-state index in [2.05, 4.69) is 5.32 Å². The second-order valence-electron chi connectivity index (χ2n) is 11.9. The molecule has 2 aromatic rings. The van der Waals surface area contributed by atoms with Crippen LogP contribution < -0.4 is 5.32 Å². The van der Waals surface area contributed by atoms with Gasteiger partial charge in [0.05, 0.1) is 17.5 Å². The number of methoxy groups -OCH3 is 1. The van der Waals surface area contributed by atoms with E-state index in [9.17, 15) is 19.2 Å². The van der Waals surface area contributed by atoms with E-state index >= 15 is 0 Å². The molecule has 4 rings (SSSR count). The molecule has 1 N–H and O–H groups in total. The van der Waals surface area contributed by atoms with Crippen molar-refractivity contribution in [2.75, 3.05) is 20.2 Å². The van der Waals surface area contributed by atoms with Gasteiger partial charge in [-0.1, -0.05) is 65.0 Å². The zero-order valence-electron chi connectivity index (χ0n) is 23.6. The maximum atomic E-state index is 13.8. The zero-order chi connectivity index (χ0) is 28.5. The topological polar surface area (TPSA) is 96.0 Å². The van der Waals surface area contributed by atoms with Crippen molar-refractivity contribution in [3.63, 3.8) is 0 Å². The summed E-state index contributed by atoms with van der Waals surface area (Å²) in [7, 11) is 1.50. The Balaban J connectivity index is 1.50. The van der Waals surface area contributed by atoms with Crippen molar-refractivity contribution in [2.24, 2.45) is 11.3 Å². The average molecular weight is 554 g/mol. The first-order valence-corrected chi connectivity index (χ1v) is 14.4. The van der Waals surface area contributed by atoms with Crippen LogP contribution in [0.4, 0.5) is 0 Å². The quantitative estimate of drug-likeness (QED) is 0.533. The summed E-state index contributed by atoms with van der Waals surface area (Å²) in [6, 6.07) is 11.7. The summed E-state index contributed by atoms with van der Waals surface area (Å²) >= 11 is 1.38. The summed E-state index contributed by atoms with van der Waals surface area (Å²) in [6.07, 6.45) is 0.276. The summed E-state index contributed by atoms with van der Waals surface area (Å²) in [5.74, 6) is -0.805. The minimum Gasteiger partial charge on any atom is -0.371 e. The first-order valence-electron chi connectivity index (χ1n) is 13.5. The van der Waals surface area contributed by atoms with E-state index in [0.717, 1.165) is 10.4 Å². The van der Waals surface area contributed by atoms with Gasteiger partial charge in [-0.3, -0.25) is 19.2 Å². The number of carbonyl (C=O) groups excluding carboxylic acids is 4. The van der Waals surface area contributed by atoms with Crippen molar-refractivity contribution < 1.29 is 23.9 Å². The van der Waals surface area contributed by atoms with Gasteiger partial charge in [0.15, 0.2) is 5.78 Å². The fourth-order valence-corrected chi connectivity index (χ4v) is 6.59. The maximum absolute atomic E-state index is 13.8. The van der Waals surface area contributed by atoms with E-state index in [1.54, 1.807) is 15.9 Å². The predicted octanol–water partition coefficient (Wildman–Crippen LogP) is 4.00. The fraction of sp³-hybridized carbons (Fsp3) is 0.533. The predicted molar refractivity (Wildman–Crippen MR) is 151 cm³/mol. The van der Waals surface area contributed by atoms with Crippen LogP contribution in [-0.4, -0.2) is 77.7 Å². The smallest absolute Gasteiger partial charge is 0.262 e. The Hall–Kier alpha value is -3.04. The highest BCUT2D eigenvalue weighted by atomic mass is 32.1. The molecule has 2 aliphatic heterocycles.